The van der Waals surface area contributed by atoms with Gasteiger partial charge in [0.2, 0.25) is 0 Å². The summed E-state index contributed by atoms with van der Waals surface area (Å²) in [5.41, 5.74) is -0.861. The van der Waals surface area contributed by atoms with Gasteiger partial charge in [-0.25, -0.2) is 4.68 Å². The minimum absolute atomic E-state index is 0.107. The Labute approximate surface area is 170 Å². The summed E-state index contributed by atoms with van der Waals surface area (Å²) in [6.07, 6.45) is -3.87. The van der Waals surface area contributed by atoms with Gasteiger partial charge in [0.05, 0.1) is 24.6 Å². The number of hydrogen-bond donors (Lipinski definition) is 0. The van der Waals surface area contributed by atoms with Gasteiger partial charge in [-0.05, 0) is 35.9 Å². The lowest BCUT2D eigenvalue weighted by Gasteiger charge is -2.19. The van der Waals surface area contributed by atoms with Crippen LogP contribution >= 0.6 is 11.6 Å². The summed E-state index contributed by atoms with van der Waals surface area (Å²) in [4.78, 5) is 14.0. The molecule has 3 rings (SSSR count). The van der Waals surface area contributed by atoms with Crippen molar-refractivity contribution < 1.29 is 22.7 Å². The molecule has 29 heavy (non-hydrogen) atoms. The van der Waals surface area contributed by atoms with Crippen molar-refractivity contribution in [3.63, 3.8) is 0 Å². The normalized spacial score (nSPS) is 11.4. The minimum atomic E-state index is -4.79. The van der Waals surface area contributed by atoms with Crippen LogP contribution in [-0.2, 0) is 12.7 Å². The van der Waals surface area contributed by atoms with Crippen LogP contribution in [0.2, 0.25) is 5.02 Å². The number of ether oxygens (including phenoxy) is 1. The van der Waals surface area contributed by atoms with Gasteiger partial charge < -0.3 is 9.64 Å². The lowest BCUT2D eigenvalue weighted by atomic mass is 10.1. The summed E-state index contributed by atoms with van der Waals surface area (Å²) >= 11 is 5.89. The summed E-state index contributed by atoms with van der Waals surface area (Å²) in [5.74, 6) is -0.207. The first-order valence-corrected chi connectivity index (χ1v) is 8.88. The fourth-order valence-electron chi connectivity index (χ4n) is 2.90. The number of halogens is 4. The van der Waals surface area contributed by atoms with E-state index in [4.69, 9.17) is 16.3 Å². The fourth-order valence-corrected chi connectivity index (χ4v) is 3.09. The van der Waals surface area contributed by atoms with Crippen molar-refractivity contribution in [2.45, 2.75) is 12.7 Å². The molecule has 0 spiro atoms. The molecular weight excluding hydrogens is 407 g/mol. The lowest BCUT2D eigenvalue weighted by Crippen LogP contribution is -2.28. The Balaban J connectivity index is 1.96. The van der Waals surface area contributed by atoms with Gasteiger partial charge in [-0.2, -0.15) is 18.3 Å². The van der Waals surface area contributed by atoms with Crippen molar-refractivity contribution in [1.29, 1.82) is 0 Å². The van der Waals surface area contributed by atoms with Gasteiger partial charge >= 0.3 is 6.18 Å². The number of methoxy groups -OCH3 is 1. The Bertz CT molecular complexity index is 1030. The number of benzene rings is 2. The van der Waals surface area contributed by atoms with Crippen LogP contribution in [0.4, 0.5) is 13.2 Å². The van der Waals surface area contributed by atoms with Crippen LogP contribution in [0, 0.1) is 0 Å². The first kappa shape index (κ1) is 20.7. The molecule has 0 aliphatic heterocycles. The molecule has 0 radical (unpaired) electrons. The molecular formula is C20H17ClF3N3O2. The number of hydrogen-bond acceptors (Lipinski definition) is 3. The third-order valence-corrected chi connectivity index (χ3v) is 4.46. The molecule has 2 aromatic carbocycles. The predicted molar refractivity (Wildman–Crippen MR) is 102 cm³/mol. The zero-order chi connectivity index (χ0) is 21.2. The zero-order valence-corrected chi connectivity index (χ0v) is 16.3. The number of aromatic nitrogens is 2. The Hall–Kier alpha value is -3.00. The third-order valence-electron chi connectivity index (χ3n) is 4.22. The van der Waals surface area contributed by atoms with E-state index in [1.807, 2.05) is 0 Å². The standard InChI is InChI=1S/C20H17ClF3N3O2/c1-26(12-13-5-3-8-16(9-13)29-2)19(28)17-11-25-27(18(17)20(22,23)24)15-7-4-6-14(21)10-15/h3-11H,12H2,1-2H3. The molecule has 0 unspecified atom stereocenters. The number of carbonyl (C=O) groups is 1. The first-order valence-electron chi connectivity index (χ1n) is 8.50. The molecule has 1 aromatic heterocycles. The quantitative estimate of drug-likeness (QED) is 0.590. The lowest BCUT2D eigenvalue weighted by molar-refractivity contribution is -0.143. The van der Waals surface area contributed by atoms with Crippen molar-refractivity contribution in [3.05, 3.63) is 76.6 Å². The topological polar surface area (TPSA) is 47.4 Å². The molecule has 0 bridgehead atoms. The van der Waals surface area contributed by atoms with Crippen LogP contribution < -0.4 is 4.74 Å². The molecule has 0 N–H and O–H groups in total. The van der Waals surface area contributed by atoms with Gasteiger partial charge in [-0.3, -0.25) is 4.79 Å². The van der Waals surface area contributed by atoms with E-state index in [-0.39, 0.29) is 17.3 Å². The van der Waals surface area contributed by atoms with Crippen molar-refractivity contribution in [2.24, 2.45) is 0 Å². The van der Waals surface area contributed by atoms with Gasteiger partial charge in [0.15, 0.2) is 5.69 Å². The van der Waals surface area contributed by atoms with E-state index in [9.17, 15) is 18.0 Å². The summed E-state index contributed by atoms with van der Waals surface area (Å²) < 4.78 is 47.2. The van der Waals surface area contributed by atoms with E-state index in [1.165, 1.54) is 43.3 Å². The molecule has 0 saturated heterocycles. The van der Waals surface area contributed by atoms with Crippen LogP contribution in [0.25, 0.3) is 5.69 Å². The van der Waals surface area contributed by atoms with E-state index in [1.54, 1.807) is 24.3 Å². The second-order valence-electron chi connectivity index (χ2n) is 6.31. The predicted octanol–water partition coefficient (Wildman–Crippen LogP) is 4.83. The van der Waals surface area contributed by atoms with Crippen LogP contribution in [0.1, 0.15) is 21.6 Å². The maximum atomic E-state index is 13.8. The molecule has 152 valence electrons. The van der Waals surface area contributed by atoms with Gasteiger partial charge in [-0.15, -0.1) is 0 Å². The third kappa shape index (κ3) is 4.54. The van der Waals surface area contributed by atoms with E-state index in [0.29, 0.717) is 10.4 Å². The Morgan fingerprint density at radius 3 is 2.59 bits per heavy atom. The average Bonchev–Trinajstić information content (AvgIpc) is 3.13. The molecule has 1 amide bonds. The molecule has 9 heteroatoms. The van der Waals surface area contributed by atoms with Gasteiger partial charge in [0.1, 0.15) is 5.75 Å². The maximum absolute atomic E-state index is 13.8. The van der Waals surface area contributed by atoms with Gasteiger partial charge in [0, 0.05) is 18.6 Å². The number of alkyl halides is 3. The monoisotopic (exact) mass is 423 g/mol. The summed E-state index contributed by atoms with van der Waals surface area (Å²) in [6, 6.07) is 12.8. The van der Waals surface area contributed by atoms with Crippen LogP contribution in [0.15, 0.2) is 54.7 Å². The molecule has 0 saturated carbocycles. The van der Waals surface area contributed by atoms with Gasteiger partial charge in [-0.1, -0.05) is 29.8 Å². The molecule has 0 fully saturated rings. The summed E-state index contributed by atoms with van der Waals surface area (Å²) in [5, 5.41) is 4.06. The van der Waals surface area contributed by atoms with Crippen LogP contribution in [0.3, 0.4) is 0 Å². The zero-order valence-electron chi connectivity index (χ0n) is 15.6. The number of carbonyl (C=O) groups excluding carboxylic acids is 1. The van der Waals surface area contributed by atoms with Crippen LogP contribution in [0.5, 0.6) is 5.75 Å². The second-order valence-corrected chi connectivity index (χ2v) is 6.75. The van der Waals surface area contributed by atoms with E-state index in [0.717, 1.165) is 11.8 Å². The molecule has 0 aliphatic rings. The minimum Gasteiger partial charge on any atom is -0.497 e. The molecule has 0 aliphatic carbocycles. The highest BCUT2D eigenvalue weighted by molar-refractivity contribution is 6.30. The van der Waals surface area contributed by atoms with E-state index in [2.05, 4.69) is 5.10 Å². The van der Waals surface area contributed by atoms with Crippen molar-refractivity contribution in [2.75, 3.05) is 14.2 Å². The largest absolute Gasteiger partial charge is 0.497 e. The highest BCUT2D eigenvalue weighted by Crippen LogP contribution is 2.34. The molecule has 1 heterocycles. The Kier molecular flexibility index (Phi) is 5.83. The molecule has 0 atom stereocenters. The van der Waals surface area contributed by atoms with E-state index >= 15 is 0 Å². The van der Waals surface area contributed by atoms with Crippen molar-refractivity contribution in [1.82, 2.24) is 14.7 Å². The van der Waals surface area contributed by atoms with E-state index < -0.39 is 23.3 Å². The van der Waals surface area contributed by atoms with Crippen molar-refractivity contribution >= 4 is 17.5 Å². The fraction of sp³-hybridized carbons (Fsp3) is 0.200. The summed E-state index contributed by atoms with van der Waals surface area (Å²) in [6.45, 7) is 0.107. The smallest absolute Gasteiger partial charge is 0.434 e. The number of rotatable bonds is 5. The molecule has 3 aromatic rings. The van der Waals surface area contributed by atoms with Crippen molar-refractivity contribution in [3.8, 4) is 11.4 Å². The highest BCUT2D eigenvalue weighted by atomic mass is 35.5. The summed E-state index contributed by atoms with van der Waals surface area (Å²) in [7, 11) is 2.94. The van der Waals surface area contributed by atoms with Gasteiger partial charge in [0.25, 0.3) is 5.91 Å². The Morgan fingerprint density at radius 2 is 1.93 bits per heavy atom. The highest BCUT2D eigenvalue weighted by Gasteiger charge is 2.41. The van der Waals surface area contributed by atoms with Crippen LogP contribution in [-0.4, -0.2) is 34.7 Å². The maximum Gasteiger partial charge on any atom is 0.434 e. The number of amides is 1. The Morgan fingerprint density at radius 1 is 1.21 bits per heavy atom. The number of nitrogens with zero attached hydrogens (tertiary/aromatic N) is 3. The SMILES string of the molecule is COc1cccc(CN(C)C(=O)c2cnn(-c3cccc(Cl)c3)c2C(F)(F)F)c1. The molecule has 5 nitrogen and oxygen atoms in total. The second kappa shape index (κ2) is 8.16. The average molecular weight is 424 g/mol. The first-order chi connectivity index (χ1) is 13.7.